The molecular formula is C20H20FIN2O3. The molecule has 2 heterocycles. The molecule has 1 aliphatic heterocycles. The lowest BCUT2D eigenvalue weighted by Gasteiger charge is -2.23. The predicted molar refractivity (Wildman–Crippen MR) is 110 cm³/mol. The van der Waals surface area contributed by atoms with Crippen LogP contribution in [0.2, 0.25) is 0 Å². The van der Waals surface area contributed by atoms with Crippen LogP contribution < -0.4 is 9.47 Å². The number of rotatable bonds is 4. The molecule has 142 valence electrons. The maximum Gasteiger partial charge on any atom is 0.173 e. The smallest absolute Gasteiger partial charge is 0.173 e. The first-order chi connectivity index (χ1) is 13.1. The summed E-state index contributed by atoms with van der Waals surface area (Å²) in [6.45, 7) is 0.740. The summed E-state index contributed by atoms with van der Waals surface area (Å²) in [5.41, 5.74) is 2.11. The van der Waals surface area contributed by atoms with Crippen LogP contribution in [0, 0.1) is 9.52 Å². The van der Waals surface area contributed by atoms with Crippen LogP contribution in [0.1, 0.15) is 25.5 Å². The van der Waals surface area contributed by atoms with Crippen molar-refractivity contribution in [1.82, 2.24) is 9.78 Å². The van der Waals surface area contributed by atoms with Crippen molar-refractivity contribution < 1.29 is 18.6 Å². The van der Waals surface area contributed by atoms with E-state index in [2.05, 4.69) is 27.7 Å². The summed E-state index contributed by atoms with van der Waals surface area (Å²) < 4.78 is 34.1. The molecule has 1 aliphatic rings. The van der Waals surface area contributed by atoms with Crippen LogP contribution in [0.4, 0.5) is 4.39 Å². The van der Waals surface area contributed by atoms with Crippen molar-refractivity contribution in [2.75, 3.05) is 20.8 Å². The Morgan fingerprint density at radius 1 is 1.19 bits per heavy atom. The van der Waals surface area contributed by atoms with Gasteiger partial charge in [-0.1, -0.05) is 6.07 Å². The molecule has 0 amide bonds. The first-order valence-electron chi connectivity index (χ1n) is 8.83. The quantitative estimate of drug-likeness (QED) is 0.482. The summed E-state index contributed by atoms with van der Waals surface area (Å²) in [4.78, 5) is 0. The summed E-state index contributed by atoms with van der Waals surface area (Å²) in [7, 11) is 3.00. The molecule has 0 aliphatic carbocycles. The van der Waals surface area contributed by atoms with Crippen LogP contribution >= 0.6 is 22.6 Å². The maximum absolute atomic E-state index is 14.9. The molecule has 1 aromatic heterocycles. The van der Waals surface area contributed by atoms with Gasteiger partial charge in [0.25, 0.3) is 0 Å². The second-order valence-corrected chi connectivity index (χ2v) is 7.50. The predicted octanol–water partition coefficient (Wildman–Crippen LogP) is 5.16. The number of halogens is 2. The third kappa shape index (κ3) is 3.38. The van der Waals surface area contributed by atoms with Crippen LogP contribution in [0.25, 0.3) is 22.0 Å². The van der Waals surface area contributed by atoms with Crippen molar-refractivity contribution in [2.24, 2.45) is 0 Å². The highest BCUT2D eigenvalue weighted by molar-refractivity contribution is 14.1. The summed E-state index contributed by atoms with van der Waals surface area (Å²) in [6, 6.07) is 9.06. The maximum atomic E-state index is 14.9. The van der Waals surface area contributed by atoms with E-state index in [4.69, 9.17) is 14.2 Å². The van der Waals surface area contributed by atoms with Crippen LogP contribution in [0.3, 0.4) is 0 Å². The fourth-order valence-corrected chi connectivity index (χ4v) is 4.14. The number of methoxy groups -OCH3 is 2. The number of hydrogen-bond donors (Lipinski definition) is 0. The molecule has 3 aromatic rings. The molecule has 0 spiro atoms. The van der Waals surface area contributed by atoms with E-state index in [0.29, 0.717) is 11.3 Å². The van der Waals surface area contributed by atoms with E-state index in [9.17, 15) is 4.39 Å². The molecule has 0 N–H and O–H groups in total. The lowest BCUT2D eigenvalue weighted by atomic mass is 10.0. The number of ether oxygens (including phenoxy) is 3. The summed E-state index contributed by atoms with van der Waals surface area (Å²) in [5, 5.41) is 5.70. The van der Waals surface area contributed by atoms with E-state index >= 15 is 0 Å². The zero-order valence-electron chi connectivity index (χ0n) is 15.2. The van der Waals surface area contributed by atoms with Gasteiger partial charge in [-0.15, -0.1) is 0 Å². The van der Waals surface area contributed by atoms with Crippen molar-refractivity contribution in [1.29, 1.82) is 0 Å². The second-order valence-electron chi connectivity index (χ2n) is 6.48. The van der Waals surface area contributed by atoms with Gasteiger partial charge in [0.1, 0.15) is 9.45 Å². The van der Waals surface area contributed by atoms with Crippen LogP contribution in [-0.2, 0) is 4.74 Å². The average Bonchev–Trinajstić information content (AvgIpc) is 3.05. The van der Waals surface area contributed by atoms with Gasteiger partial charge in [-0.25, -0.2) is 9.07 Å². The lowest BCUT2D eigenvalue weighted by molar-refractivity contribution is -0.0368. The highest BCUT2D eigenvalue weighted by Gasteiger charge is 2.21. The lowest BCUT2D eigenvalue weighted by Crippen LogP contribution is -2.19. The first kappa shape index (κ1) is 18.5. The van der Waals surface area contributed by atoms with Gasteiger partial charge in [0.2, 0.25) is 0 Å². The summed E-state index contributed by atoms with van der Waals surface area (Å²) >= 11 is 2.23. The third-order valence-corrected chi connectivity index (χ3v) is 5.67. The fourth-order valence-electron chi connectivity index (χ4n) is 3.45. The Morgan fingerprint density at radius 3 is 2.74 bits per heavy atom. The Kier molecular flexibility index (Phi) is 5.23. The SMILES string of the molecule is COc1cc(OC)c(F)c(-c2ccc3c(I)nn(C4CCCCO4)c3c2)c1. The molecule has 27 heavy (non-hydrogen) atoms. The van der Waals surface area contributed by atoms with E-state index in [1.165, 1.54) is 7.11 Å². The molecule has 1 saturated heterocycles. The van der Waals surface area contributed by atoms with Gasteiger partial charge in [0.15, 0.2) is 17.8 Å². The van der Waals surface area contributed by atoms with E-state index < -0.39 is 5.82 Å². The van der Waals surface area contributed by atoms with Gasteiger partial charge >= 0.3 is 0 Å². The van der Waals surface area contributed by atoms with Gasteiger partial charge in [-0.3, -0.25) is 0 Å². The van der Waals surface area contributed by atoms with E-state index in [1.807, 2.05) is 22.9 Å². The van der Waals surface area contributed by atoms with Crippen LogP contribution in [-0.4, -0.2) is 30.6 Å². The van der Waals surface area contributed by atoms with Crippen LogP contribution in [0.5, 0.6) is 11.5 Å². The minimum atomic E-state index is -0.410. The van der Waals surface area contributed by atoms with Crippen molar-refractivity contribution in [3.63, 3.8) is 0 Å². The second kappa shape index (κ2) is 7.63. The van der Waals surface area contributed by atoms with Gasteiger partial charge in [-0.2, -0.15) is 5.10 Å². The number of hydrogen-bond acceptors (Lipinski definition) is 4. The minimum Gasteiger partial charge on any atom is -0.497 e. The highest BCUT2D eigenvalue weighted by Crippen LogP contribution is 2.36. The average molecular weight is 482 g/mol. The van der Waals surface area contributed by atoms with Crippen molar-refractivity contribution in [3.8, 4) is 22.6 Å². The van der Waals surface area contributed by atoms with Crippen molar-refractivity contribution in [3.05, 3.63) is 39.8 Å². The Balaban J connectivity index is 1.86. The molecule has 0 saturated carbocycles. The van der Waals surface area contributed by atoms with Crippen molar-refractivity contribution in [2.45, 2.75) is 25.5 Å². The number of fused-ring (bicyclic) bond motifs is 1. The van der Waals surface area contributed by atoms with Crippen LogP contribution in [0.15, 0.2) is 30.3 Å². The molecule has 2 aromatic carbocycles. The van der Waals surface area contributed by atoms with Gasteiger partial charge in [-0.05, 0) is 65.6 Å². The normalized spacial score (nSPS) is 17.3. The Bertz CT molecular complexity index is 983. The number of aromatic nitrogens is 2. The fraction of sp³-hybridized carbons (Fsp3) is 0.350. The zero-order valence-corrected chi connectivity index (χ0v) is 17.3. The third-order valence-electron chi connectivity index (χ3n) is 4.87. The molecule has 1 unspecified atom stereocenters. The van der Waals surface area contributed by atoms with E-state index in [1.54, 1.807) is 19.2 Å². The summed E-state index contributed by atoms with van der Waals surface area (Å²) in [5.74, 6) is 0.289. The van der Waals surface area contributed by atoms with Crippen molar-refractivity contribution >= 4 is 33.5 Å². The molecule has 5 nitrogen and oxygen atoms in total. The summed E-state index contributed by atoms with van der Waals surface area (Å²) in [6.07, 6.45) is 3.04. The number of nitrogens with zero attached hydrogens (tertiary/aromatic N) is 2. The highest BCUT2D eigenvalue weighted by atomic mass is 127. The molecule has 4 rings (SSSR count). The van der Waals surface area contributed by atoms with E-state index in [-0.39, 0.29) is 12.0 Å². The molecule has 1 atom stereocenters. The topological polar surface area (TPSA) is 45.5 Å². The molecule has 7 heteroatoms. The first-order valence-corrected chi connectivity index (χ1v) is 9.91. The zero-order chi connectivity index (χ0) is 19.0. The molecular weight excluding hydrogens is 462 g/mol. The monoisotopic (exact) mass is 482 g/mol. The molecule has 0 radical (unpaired) electrons. The standard InChI is InChI=1S/C20H20FIN2O3/c1-25-13-10-15(19(21)17(11-13)26-2)12-6-7-14-16(9-12)24(23-20(14)22)18-5-3-4-8-27-18/h6-7,9-11,18H,3-5,8H2,1-2H3. The van der Waals surface area contributed by atoms with Gasteiger partial charge in [0, 0.05) is 23.6 Å². The Hall–Kier alpha value is -1.87. The molecule has 1 fully saturated rings. The largest absolute Gasteiger partial charge is 0.497 e. The Labute approximate surface area is 170 Å². The number of benzene rings is 2. The van der Waals surface area contributed by atoms with Gasteiger partial charge < -0.3 is 14.2 Å². The molecule has 0 bridgehead atoms. The van der Waals surface area contributed by atoms with Gasteiger partial charge in [0.05, 0.1) is 19.7 Å². The minimum absolute atomic E-state index is 0.0790. The Morgan fingerprint density at radius 2 is 2.04 bits per heavy atom. The van der Waals surface area contributed by atoms with E-state index in [0.717, 1.165) is 46.0 Å².